The molecule has 3 atom stereocenters. The Morgan fingerprint density at radius 3 is 1.35 bits per heavy atom. The summed E-state index contributed by atoms with van der Waals surface area (Å²) in [6.45, 7) is 3.57. The van der Waals surface area contributed by atoms with E-state index in [4.69, 9.17) is 23.7 Å². The molecule has 0 heterocycles. The Hall–Kier alpha value is -3.62. The van der Waals surface area contributed by atoms with E-state index in [1.165, 1.54) is 0 Å². The number of hydrogen-bond acceptors (Lipinski definition) is 14. The minimum absolute atomic E-state index is 0.0779. The fourth-order valence-corrected chi connectivity index (χ4v) is 6.59. The van der Waals surface area contributed by atoms with Gasteiger partial charge in [-0.05, 0) is 47.8 Å². The SMILES string of the molecule is CC(=O)OCC(CNC(=O)c1c(Br)c(NC(=O)C(CCO)OC(C)=O)c(Br)c(C(=O)NCC(COC(C)=O)OC(C)=O)c1Br)OC(C)=O. The first-order valence-corrected chi connectivity index (χ1v) is 16.2. The van der Waals surface area contributed by atoms with Gasteiger partial charge < -0.3 is 44.7 Å². The molecule has 0 saturated carbocycles. The van der Waals surface area contributed by atoms with E-state index in [9.17, 15) is 43.5 Å². The Labute approximate surface area is 299 Å². The van der Waals surface area contributed by atoms with Crippen molar-refractivity contribution in [2.24, 2.45) is 0 Å². The smallest absolute Gasteiger partial charge is 0.303 e. The zero-order valence-corrected chi connectivity index (χ0v) is 31.1. The zero-order chi connectivity index (χ0) is 36.7. The molecule has 0 aliphatic carbocycles. The third-order valence-corrected chi connectivity index (χ3v) is 7.98. The molecule has 48 heavy (non-hydrogen) atoms. The summed E-state index contributed by atoms with van der Waals surface area (Å²) in [5, 5.41) is 16.9. The van der Waals surface area contributed by atoms with E-state index in [1.54, 1.807) is 0 Å². The lowest BCUT2D eigenvalue weighted by Crippen LogP contribution is -2.39. The molecule has 20 heteroatoms. The van der Waals surface area contributed by atoms with Gasteiger partial charge in [0.05, 0.1) is 38.8 Å². The average molecular weight is 876 g/mol. The first kappa shape index (κ1) is 42.4. The van der Waals surface area contributed by atoms with Crippen LogP contribution in [0.4, 0.5) is 5.69 Å². The highest BCUT2D eigenvalue weighted by molar-refractivity contribution is 9.11. The van der Waals surface area contributed by atoms with Gasteiger partial charge in [-0.2, -0.15) is 0 Å². The number of hydrogen-bond donors (Lipinski definition) is 4. The van der Waals surface area contributed by atoms with Crippen molar-refractivity contribution in [3.8, 4) is 0 Å². The number of halogens is 3. The Morgan fingerprint density at radius 2 is 1.02 bits per heavy atom. The Balaban J connectivity index is 3.64. The summed E-state index contributed by atoms with van der Waals surface area (Å²) in [5.41, 5.74) is -0.688. The topological polar surface area (TPSA) is 239 Å². The van der Waals surface area contributed by atoms with Crippen LogP contribution < -0.4 is 16.0 Å². The Bertz CT molecular complexity index is 1340. The third-order valence-electron chi connectivity index (χ3n) is 5.60. The van der Waals surface area contributed by atoms with E-state index in [1.807, 2.05) is 0 Å². The van der Waals surface area contributed by atoms with Gasteiger partial charge in [0.25, 0.3) is 17.7 Å². The van der Waals surface area contributed by atoms with E-state index < -0.39 is 72.5 Å². The summed E-state index contributed by atoms with van der Waals surface area (Å²) in [6.07, 6.45) is -3.93. The van der Waals surface area contributed by atoms with E-state index in [0.29, 0.717) is 0 Å². The normalized spacial score (nSPS) is 12.4. The van der Waals surface area contributed by atoms with Crippen LogP contribution >= 0.6 is 47.8 Å². The maximum Gasteiger partial charge on any atom is 0.303 e. The van der Waals surface area contributed by atoms with Crippen LogP contribution in [0.1, 0.15) is 61.8 Å². The second-order valence-corrected chi connectivity index (χ2v) is 12.0. The highest BCUT2D eigenvalue weighted by Gasteiger charge is 2.31. The van der Waals surface area contributed by atoms with Crippen molar-refractivity contribution in [1.82, 2.24) is 10.6 Å². The molecule has 0 bridgehead atoms. The van der Waals surface area contributed by atoms with E-state index in [2.05, 4.69) is 63.7 Å². The van der Waals surface area contributed by atoms with Gasteiger partial charge in [-0.25, -0.2) is 0 Å². The van der Waals surface area contributed by atoms with Crippen LogP contribution in [0.2, 0.25) is 0 Å². The van der Waals surface area contributed by atoms with Crippen molar-refractivity contribution in [2.45, 2.75) is 59.4 Å². The molecule has 0 saturated heterocycles. The summed E-state index contributed by atoms with van der Waals surface area (Å²) in [5.74, 6) is -6.24. The third kappa shape index (κ3) is 14.2. The number of nitrogens with one attached hydrogen (secondary N) is 3. The van der Waals surface area contributed by atoms with Crippen molar-refractivity contribution >= 4 is 101 Å². The van der Waals surface area contributed by atoms with Crippen LogP contribution in [0.25, 0.3) is 0 Å². The van der Waals surface area contributed by atoms with E-state index >= 15 is 0 Å². The maximum absolute atomic E-state index is 13.6. The second kappa shape index (κ2) is 20.7. The van der Waals surface area contributed by atoms with Crippen molar-refractivity contribution < 1.29 is 67.1 Å². The standard InChI is InChI=1S/C28H34Br3N3O14/c1-12(36)44-10-17(46-14(3)38)8-32-27(42)20-22(29)21(28(43)33-9-18(47-15(4)39)11-45-13(2)37)24(31)25(23(20)30)34-26(41)19(6-7-35)48-16(5)40/h17-19,35H,6-11H2,1-5H3,(H,32,42)(H,33,43)(H,34,41). The first-order chi connectivity index (χ1) is 22.4. The van der Waals surface area contributed by atoms with Gasteiger partial charge >= 0.3 is 29.8 Å². The van der Waals surface area contributed by atoms with Gasteiger partial charge in [0.1, 0.15) is 13.2 Å². The monoisotopic (exact) mass is 873 g/mol. The molecule has 1 aromatic carbocycles. The number of aliphatic hydroxyl groups excluding tert-OH is 1. The maximum atomic E-state index is 13.6. The number of benzene rings is 1. The number of anilines is 1. The molecule has 0 aliphatic heterocycles. The highest BCUT2D eigenvalue weighted by Crippen LogP contribution is 2.42. The summed E-state index contributed by atoms with van der Waals surface area (Å²) in [7, 11) is 0. The summed E-state index contributed by atoms with van der Waals surface area (Å²) in [6, 6.07) is 0. The van der Waals surface area contributed by atoms with Gasteiger partial charge in [0.2, 0.25) is 0 Å². The van der Waals surface area contributed by atoms with Gasteiger partial charge in [-0.3, -0.25) is 38.4 Å². The molecule has 0 fully saturated rings. The molecule has 0 aliphatic rings. The molecule has 266 valence electrons. The highest BCUT2D eigenvalue weighted by atomic mass is 79.9. The van der Waals surface area contributed by atoms with Gasteiger partial charge in [-0.15, -0.1) is 0 Å². The molecule has 4 N–H and O–H groups in total. The second-order valence-electron chi connectivity index (χ2n) is 9.65. The van der Waals surface area contributed by atoms with Crippen molar-refractivity contribution in [3.05, 3.63) is 24.5 Å². The van der Waals surface area contributed by atoms with E-state index in [0.717, 1.165) is 34.6 Å². The minimum Gasteiger partial charge on any atom is -0.462 e. The Morgan fingerprint density at radius 1 is 0.625 bits per heavy atom. The number of esters is 5. The number of carbonyl (C=O) groups excluding carboxylic acids is 8. The van der Waals surface area contributed by atoms with Crippen LogP contribution in [-0.2, 0) is 52.5 Å². The molecule has 3 unspecified atom stereocenters. The number of amides is 3. The largest absolute Gasteiger partial charge is 0.462 e. The molecule has 0 spiro atoms. The average Bonchev–Trinajstić information content (AvgIpc) is 2.96. The van der Waals surface area contributed by atoms with Crippen molar-refractivity contribution in [2.75, 3.05) is 38.2 Å². The summed E-state index contributed by atoms with van der Waals surface area (Å²) < 4.78 is 24.7. The quantitative estimate of drug-likeness (QED) is 0.129. The van der Waals surface area contributed by atoms with Gasteiger partial charge in [0, 0.05) is 52.1 Å². The molecule has 17 nitrogen and oxygen atoms in total. The first-order valence-electron chi connectivity index (χ1n) is 13.9. The van der Waals surface area contributed by atoms with Crippen molar-refractivity contribution in [1.29, 1.82) is 0 Å². The van der Waals surface area contributed by atoms with Crippen molar-refractivity contribution in [3.63, 3.8) is 0 Å². The predicted molar refractivity (Wildman–Crippen MR) is 174 cm³/mol. The molecule has 1 aromatic rings. The molecule has 3 amide bonds. The lowest BCUT2D eigenvalue weighted by atomic mass is 10.1. The fourth-order valence-electron chi connectivity index (χ4n) is 3.69. The number of ether oxygens (including phenoxy) is 5. The van der Waals surface area contributed by atoms with E-state index in [-0.39, 0.29) is 63.0 Å². The number of rotatable bonds is 17. The van der Waals surface area contributed by atoms with Crippen LogP contribution in [-0.4, -0.2) is 104 Å². The molecule has 0 radical (unpaired) electrons. The van der Waals surface area contributed by atoms with Crippen LogP contribution in [0.15, 0.2) is 13.4 Å². The van der Waals surface area contributed by atoms with Crippen LogP contribution in [0.5, 0.6) is 0 Å². The van der Waals surface area contributed by atoms with Crippen LogP contribution in [0.3, 0.4) is 0 Å². The number of aliphatic hydroxyl groups is 1. The fraction of sp³-hybridized carbons (Fsp3) is 0.500. The predicted octanol–water partition coefficient (Wildman–Crippen LogP) is 1.68. The Kier molecular flexibility index (Phi) is 18.3. The lowest BCUT2D eigenvalue weighted by Gasteiger charge is -2.23. The van der Waals surface area contributed by atoms with Gasteiger partial charge in [0.15, 0.2) is 18.3 Å². The number of carbonyl (C=O) groups is 8. The lowest BCUT2D eigenvalue weighted by molar-refractivity contribution is -0.155. The molecule has 1 rings (SSSR count). The molecular formula is C28H34Br3N3O14. The zero-order valence-electron chi connectivity index (χ0n) is 26.4. The minimum atomic E-state index is -1.46. The van der Waals surface area contributed by atoms with Crippen LogP contribution in [0, 0.1) is 0 Å². The summed E-state index contributed by atoms with van der Waals surface area (Å²) in [4.78, 5) is 97.5. The van der Waals surface area contributed by atoms with Gasteiger partial charge in [-0.1, -0.05) is 0 Å². The summed E-state index contributed by atoms with van der Waals surface area (Å²) >= 11 is 9.80. The molecule has 0 aromatic heterocycles. The molecular weight excluding hydrogens is 842 g/mol.